The van der Waals surface area contributed by atoms with Gasteiger partial charge in [-0.3, -0.25) is 4.79 Å². The number of hydrogen-bond acceptors (Lipinski definition) is 4. The van der Waals surface area contributed by atoms with Crippen LogP contribution < -0.4 is 14.8 Å². The van der Waals surface area contributed by atoms with E-state index in [1.807, 2.05) is 58.0 Å². The molecule has 0 fully saturated rings. The molecule has 1 aromatic heterocycles. The Morgan fingerprint density at radius 1 is 1.23 bits per heavy atom. The number of hydrogen-bond donors (Lipinski definition) is 1. The van der Waals surface area contributed by atoms with Crippen LogP contribution in [0.5, 0.6) is 11.5 Å². The van der Waals surface area contributed by atoms with Crippen molar-refractivity contribution >= 4 is 22.4 Å². The van der Waals surface area contributed by atoms with Gasteiger partial charge in [-0.1, -0.05) is 19.1 Å². The predicted octanol–water partition coefficient (Wildman–Crippen LogP) is 5.75. The van der Waals surface area contributed by atoms with Crippen molar-refractivity contribution < 1.29 is 18.7 Å². The van der Waals surface area contributed by atoms with Crippen LogP contribution in [0.3, 0.4) is 0 Å². The van der Waals surface area contributed by atoms with Gasteiger partial charge < -0.3 is 19.2 Å². The van der Waals surface area contributed by atoms with E-state index in [2.05, 4.69) is 5.32 Å². The van der Waals surface area contributed by atoms with E-state index in [-0.39, 0.29) is 5.91 Å². The largest absolute Gasteiger partial charge is 0.497 e. The standard InChI is InChI=1S/C25H29NO4/c1-6-11-26-23(27)12-16(3)20-14-21-22(18-9-8-10-19(13-18)28-5)15-30-25(21)17(4)24(20)29-7-2/h8-10,12-15H,6-7,11H2,1-5H3,(H,26,27)/b16-12+. The number of rotatable bonds is 8. The first-order valence-electron chi connectivity index (χ1n) is 10.3. The fraction of sp³-hybridized carbons (Fsp3) is 0.320. The fourth-order valence-corrected chi connectivity index (χ4v) is 3.53. The van der Waals surface area contributed by atoms with Crippen molar-refractivity contribution in [2.24, 2.45) is 0 Å². The van der Waals surface area contributed by atoms with Crippen LogP contribution in [-0.4, -0.2) is 26.2 Å². The van der Waals surface area contributed by atoms with Crippen LogP contribution in [0.1, 0.15) is 38.3 Å². The average molecular weight is 408 g/mol. The summed E-state index contributed by atoms with van der Waals surface area (Å²) < 4.78 is 17.3. The fourth-order valence-electron chi connectivity index (χ4n) is 3.53. The molecule has 0 spiro atoms. The summed E-state index contributed by atoms with van der Waals surface area (Å²) in [6, 6.07) is 9.93. The normalized spacial score (nSPS) is 11.6. The molecule has 0 aliphatic heterocycles. The number of allylic oxidation sites excluding steroid dienone is 1. The molecule has 0 atom stereocenters. The van der Waals surface area contributed by atoms with E-state index in [0.717, 1.165) is 56.7 Å². The quantitative estimate of drug-likeness (QED) is 0.483. The molecule has 0 aliphatic carbocycles. The third kappa shape index (κ3) is 4.35. The second-order valence-corrected chi connectivity index (χ2v) is 7.19. The summed E-state index contributed by atoms with van der Waals surface area (Å²) in [5.74, 6) is 1.43. The number of fused-ring (bicyclic) bond motifs is 1. The molecule has 2 aromatic carbocycles. The third-order valence-electron chi connectivity index (χ3n) is 5.03. The van der Waals surface area contributed by atoms with E-state index >= 15 is 0 Å². The van der Waals surface area contributed by atoms with Gasteiger partial charge in [-0.2, -0.15) is 0 Å². The SMILES string of the molecule is CCCNC(=O)/C=C(\C)c1cc2c(-c3cccc(OC)c3)coc2c(C)c1OCC. The smallest absolute Gasteiger partial charge is 0.244 e. The van der Waals surface area contributed by atoms with Crippen LogP contribution in [0.2, 0.25) is 0 Å². The average Bonchev–Trinajstić information content (AvgIpc) is 3.18. The molecule has 3 rings (SSSR count). The van der Waals surface area contributed by atoms with Gasteiger partial charge in [0.1, 0.15) is 17.1 Å². The van der Waals surface area contributed by atoms with Crippen LogP contribution in [0.4, 0.5) is 0 Å². The van der Waals surface area contributed by atoms with Crippen molar-refractivity contribution in [3.05, 3.63) is 53.8 Å². The number of furan rings is 1. The maximum absolute atomic E-state index is 12.3. The second kappa shape index (κ2) is 9.53. The van der Waals surface area contributed by atoms with Crippen molar-refractivity contribution in [1.82, 2.24) is 5.32 Å². The first-order chi connectivity index (χ1) is 14.5. The molecule has 0 unspecified atom stereocenters. The summed E-state index contributed by atoms with van der Waals surface area (Å²) in [5.41, 5.74) is 5.40. The van der Waals surface area contributed by atoms with Crippen molar-refractivity contribution in [3.63, 3.8) is 0 Å². The minimum absolute atomic E-state index is 0.102. The molecule has 1 N–H and O–H groups in total. The van der Waals surface area contributed by atoms with Crippen LogP contribution in [0, 0.1) is 6.92 Å². The van der Waals surface area contributed by atoms with E-state index in [9.17, 15) is 4.79 Å². The number of amides is 1. The van der Waals surface area contributed by atoms with Crippen molar-refractivity contribution in [2.45, 2.75) is 34.1 Å². The molecule has 158 valence electrons. The molecular weight excluding hydrogens is 378 g/mol. The van der Waals surface area contributed by atoms with Crippen molar-refractivity contribution in [2.75, 3.05) is 20.3 Å². The number of methoxy groups -OCH3 is 1. The Hall–Kier alpha value is -3.21. The zero-order chi connectivity index (χ0) is 21.7. The summed E-state index contributed by atoms with van der Waals surface area (Å²) in [4.78, 5) is 12.3. The lowest BCUT2D eigenvalue weighted by atomic mass is 9.96. The lowest BCUT2D eigenvalue weighted by Gasteiger charge is -2.15. The molecule has 0 bridgehead atoms. The first kappa shape index (κ1) is 21.5. The zero-order valence-electron chi connectivity index (χ0n) is 18.3. The van der Waals surface area contributed by atoms with Crippen LogP contribution >= 0.6 is 0 Å². The number of benzene rings is 2. The van der Waals surface area contributed by atoms with Gasteiger partial charge >= 0.3 is 0 Å². The number of carbonyl (C=O) groups is 1. The lowest BCUT2D eigenvalue weighted by Crippen LogP contribution is -2.21. The molecule has 0 saturated heterocycles. The Morgan fingerprint density at radius 2 is 2.03 bits per heavy atom. The van der Waals surface area contributed by atoms with Crippen LogP contribution in [-0.2, 0) is 4.79 Å². The molecule has 30 heavy (non-hydrogen) atoms. The molecule has 0 aliphatic rings. The maximum atomic E-state index is 12.3. The Balaban J connectivity index is 2.16. The third-order valence-corrected chi connectivity index (χ3v) is 5.03. The number of carbonyl (C=O) groups excluding carboxylic acids is 1. The maximum Gasteiger partial charge on any atom is 0.244 e. The molecule has 0 radical (unpaired) electrons. The predicted molar refractivity (Wildman–Crippen MR) is 121 cm³/mol. The number of nitrogens with one attached hydrogen (secondary N) is 1. The Morgan fingerprint density at radius 3 is 2.73 bits per heavy atom. The van der Waals surface area contributed by atoms with E-state index in [1.165, 1.54) is 0 Å². The van der Waals surface area contributed by atoms with Gasteiger partial charge in [-0.15, -0.1) is 0 Å². The second-order valence-electron chi connectivity index (χ2n) is 7.19. The minimum Gasteiger partial charge on any atom is -0.497 e. The highest BCUT2D eigenvalue weighted by molar-refractivity contribution is 6.01. The van der Waals surface area contributed by atoms with Gasteiger partial charge in [0, 0.05) is 34.7 Å². The Bertz CT molecular complexity index is 1080. The molecule has 1 heterocycles. The van der Waals surface area contributed by atoms with Crippen molar-refractivity contribution in [1.29, 1.82) is 0 Å². The number of aryl methyl sites for hydroxylation is 1. The number of ether oxygens (including phenoxy) is 2. The van der Waals surface area contributed by atoms with Crippen LogP contribution in [0.15, 0.2) is 47.1 Å². The monoisotopic (exact) mass is 407 g/mol. The first-order valence-corrected chi connectivity index (χ1v) is 10.3. The van der Waals surface area contributed by atoms with Gasteiger partial charge in [-0.05, 0) is 56.5 Å². The van der Waals surface area contributed by atoms with Gasteiger partial charge in [0.2, 0.25) is 5.91 Å². The highest BCUT2D eigenvalue weighted by Crippen LogP contribution is 2.41. The highest BCUT2D eigenvalue weighted by atomic mass is 16.5. The summed E-state index contributed by atoms with van der Waals surface area (Å²) in [6.45, 7) is 9.07. The summed E-state index contributed by atoms with van der Waals surface area (Å²) in [5, 5.41) is 3.87. The topological polar surface area (TPSA) is 60.7 Å². The summed E-state index contributed by atoms with van der Waals surface area (Å²) in [7, 11) is 1.65. The summed E-state index contributed by atoms with van der Waals surface area (Å²) >= 11 is 0. The molecule has 0 saturated carbocycles. The zero-order valence-corrected chi connectivity index (χ0v) is 18.3. The van der Waals surface area contributed by atoms with E-state index < -0.39 is 0 Å². The van der Waals surface area contributed by atoms with Crippen molar-refractivity contribution in [3.8, 4) is 22.6 Å². The minimum atomic E-state index is -0.102. The molecule has 1 amide bonds. The van der Waals surface area contributed by atoms with Crippen LogP contribution in [0.25, 0.3) is 27.7 Å². The lowest BCUT2D eigenvalue weighted by molar-refractivity contribution is -0.116. The van der Waals surface area contributed by atoms with Gasteiger partial charge in [0.05, 0.1) is 20.0 Å². The summed E-state index contributed by atoms with van der Waals surface area (Å²) in [6.07, 6.45) is 4.29. The van der Waals surface area contributed by atoms with Gasteiger partial charge in [0.25, 0.3) is 0 Å². The van der Waals surface area contributed by atoms with Gasteiger partial charge in [-0.25, -0.2) is 0 Å². The van der Waals surface area contributed by atoms with Gasteiger partial charge in [0.15, 0.2) is 0 Å². The van der Waals surface area contributed by atoms with E-state index in [1.54, 1.807) is 19.4 Å². The Labute approximate surface area is 177 Å². The molecule has 5 heteroatoms. The molecular formula is C25H29NO4. The van der Waals surface area contributed by atoms with E-state index in [4.69, 9.17) is 13.9 Å². The molecule has 3 aromatic rings. The van der Waals surface area contributed by atoms with E-state index in [0.29, 0.717) is 13.2 Å². The Kier molecular flexibility index (Phi) is 6.83. The highest BCUT2D eigenvalue weighted by Gasteiger charge is 2.19. The molecule has 5 nitrogen and oxygen atoms in total.